The van der Waals surface area contributed by atoms with Crippen LogP contribution in [0.15, 0.2) is 17.0 Å². The first-order chi connectivity index (χ1) is 12.5. The predicted molar refractivity (Wildman–Crippen MR) is 91.8 cm³/mol. The van der Waals surface area contributed by atoms with Crippen molar-refractivity contribution in [2.75, 3.05) is 26.2 Å². The van der Waals surface area contributed by atoms with Crippen LogP contribution in [-0.2, 0) is 24.6 Å². The van der Waals surface area contributed by atoms with Gasteiger partial charge in [-0.1, -0.05) is 11.6 Å². The van der Waals surface area contributed by atoms with Gasteiger partial charge in [0.05, 0.1) is 31.2 Å². The van der Waals surface area contributed by atoms with Crippen molar-refractivity contribution < 1.29 is 39.5 Å². The molecule has 0 aliphatic rings. The average Bonchev–Trinajstić information content (AvgIpc) is 2.59. The SMILES string of the molecule is COC(=O)c1c(F)ccc(S(=O)(=O)NC(CCF)S(=O)(=O)CCCF)c1Cl. The van der Waals surface area contributed by atoms with E-state index < -0.39 is 84.4 Å². The molecule has 154 valence electrons. The Morgan fingerprint density at radius 1 is 1.22 bits per heavy atom. The molecule has 0 heterocycles. The molecule has 1 rings (SSSR count). The molecular weight excluding hydrogens is 435 g/mol. The van der Waals surface area contributed by atoms with E-state index in [9.17, 15) is 34.8 Å². The molecule has 0 fully saturated rings. The molecule has 0 spiro atoms. The van der Waals surface area contributed by atoms with Crippen LogP contribution in [0.4, 0.5) is 13.2 Å². The number of sulfonamides is 1. The Bertz CT molecular complexity index is 892. The molecule has 0 bridgehead atoms. The molecule has 1 aromatic rings. The fourth-order valence-electron chi connectivity index (χ4n) is 2.08. The number of nitrogens with one attached hydrogen (secondary N) is 1. The van der Waals surface area contributed by atoms with Crippen LogP contribution in [0.2, 0.25) is 5.02 Å². The van der Waals surface area contributed by atoms with E-state index in [0.717, 1.165) is 7.11 Å². The molecule has 1 aromatic carbocycles. The van der Waals surface area contributed by atoms with Crippen LogP contribution in [-0.4, -0.2) is 54.4 Å². The molecule has 0 radical (unpaired) electrons. The number of sulfone groups is 1. The van der Waals surface area contributed by atoms with Gasteiger partial charge in [0.15, 0.2) is 9.84 Å². The van der Waals surface area contributed by atoms with E-state index in [1.165, 1.54) is 0 Å². The summed E-state index contributed by atoms with van der Waals surface area (Å²) in [4.78, 5) is 10.8. The number of carbonyl (C=O) groups excluding carboxylic acids is 1. The van der Waals surface area contributed by atoms with E-state index in [0.29, 0.717) is 12.1 Å². The maximum absolute atomic E-state index is 13.8. The average molecular weight is 452 g/mol. The van der Waals surface area contributed by atoms with Crippen LogP contribution in [0, 0.1) is 5.82 Å². The van der Waals surface area contributed by atoms with Crippen molar-refractivity contribution in [2.45, 2.75) is 23.1 Å². The van der Waals surface area contributed by atoms with Crippen molar-refractivity contribution in [3.63, 3.8) is 0 Å². The molecule has 0 aromatic heterocycles. The first-order valence-electron chi connectivity index (χ1n) is 7.44. The Morgan fingerprint density at radius 3 is 2.37 bits per heavy atom. The van der Waals surface area contributed by atoms with Crippen LogP contribution in [0.5, 0.6) is 0 Å². The summed E-state index contributed by atoms with van der Waals surface area (Å²) in [5.74, 6) is -3.10. The zero-order valence-corrected chi connectivity index (χ0v) is 16.4. The number of alkyl halides is 2. The van der Waals surface area contributed by atoms with Gasteiger partial charge in [0.1, 0.15) is 21.7 Å². The van der Waals surface area contributed by atoms with Gasteiger partial charge in [0.2, 0.25) is 10.0 Å². The fraction of sp³-hybridized carbons (Fsp3) is 0.500. The Labute approximate surface area is 159 Å². The van der Waals surface area contributed by atoms with Gasteiger partial charge in [-0.15, -0.1) is 0 Å². The molecule has 1 unspecified atom stereocenters. The number of carbonyl (C=O) groups is 1. The molecule has 7 nitrogen and oxygen atoms in total. The third-order valence-corrected chi connectivity index (χ3v) is 7.63. The van der Waals surface area contributed by atoms with Gasteiger partial charge in [-0.3, -0.25) is 8.78 Å². The molecule has 0 saturated carbocycles. The Kier molecular flexibility index (Phi) is 8.51. The molecular formula is C14H17ClF3NO6S2. The highest BCUT2D eigenvalue weighted by atomic mass is 35.5. The van der Waals surface area contributed by atoms with Crippen molar-refractivity contribution in [2.24, 2.45) is 0 Å². The van der Waals surface area contributed by atoms with Gasteiger partial charge in [-0.2, -0.15) is 4.72 Å². The number of ether oxygens (including phenoxy) is 1. The number of hydrogen-bond donors (Lipinski definition) is 1. The number of hydrogen-bond acceptors (Lipinski definition) is 6. The van der Waals surface area contributed by atoms with Gasteiger partial charge < -0.3 is 4.74 Å². The quantitative estimate of drug-likeness (QED) is 0.545. The largest absolute Gasteiger partial charge is 0.465 e. The lowest BCUT2D eigenvalue weighted by Gasteiger charge is -2.19. The van der Waals surface area contributed by atoms with E-state index in [2.05, 4.69) is 4.74 Å². The van der Waals surface area contributed by atoms with Crippen molar-refractivity contribution >= 4 is 37.4 Å². The van der Waals surface area contributed by atoms with Gasteiger partial charge in [-0.05, 0) is 18.6 Å². The minimum Gasteiger partial charge on any atom is -0.465 e. The lowest BCUT2D eigenvalue weighted by molar-refractivity contribution is 0.0595. The number of methoxy groups -OCH3 is 1. The summed E-state index contributed by atoms with van der Waals surface area (Å²) < 4.78 is 94.1. The summed E-state index contributed by atoms with van der Waals surface area (Å²) in [5, 5.41) is -2.71. The van der Waals surface area contributed by atoms with Crippen molar-refractivity contribution in [1.82, 2.24) is 4.72 Å². The number of benzene rings is 1. The molecule has 0 saturated heterocycles. The summed E-state index contributed by atoms with van der Waals surface area (Å²) in [6.45, 7) is -2.13. The number of halogens is 4. The van der Waals surface area contributed by atoms with Crippen molar-refractivity contribution in [1.29, 1.82) is 0 Å². The fourth-order valence-corrected chi connectivity index (χ4v) is 6.00. The van der Waals surface area contributed by atoms with E-state index in [1.54, 1.807) is 4.72 Å². The smallest absolute Gasteiger partial charge is 0.342 e. The van der Waals surface area contributed by atoms with Crippen molar-refractivity contribution in [3.8, 4) is 0 Å². The predicted octanol–water partition coefficient (Wildman–Crippen LogP) is 2.00. The van der Waals surface area contributed by atoms with E-state index >= 15 is 0 Å². The van der Waals surface area contributed by atoms with Gasteiger partial charge in [0.25, 0.3) is 0 Å². The van der Waals surface area contributed by atoms with Crippen LogP contribution in [0.1, 0.15) is 23.2 Å². The van der Waals surface area contributed by atoms with Crippen LogP contribution < -0.4 is 4.72 Å². The highest BCUT2D eigenvalue weighted by Crippen LogP contribution is 2.29. The second-order valence-electron chi connectivity index (χ2n) is 5.22. The Hall–Kier alpha value is -1.37. The summed E-state index contributed by atoms with van der Waals surface area (Å²) in [7, 11) is -7.99. The number of rotatable bonds is 10. The highest BCUT2D eigenvalue weighted by molar-refractivity contribution is 7.94. The molecule has 0 aliphatic carbocycles. The minimum atomic E-state index is -4.70. The summed E-state index contributed by atoms with van der Waals surface area (Å²) >= 11 is 5.80. The lowest BCUT2D eigenvalue weighted by atomic mass is 10.2. The molecule has 0 aliphatic heterocycles. The van der Waals surface area contributed by atoms with E-state index in [1.807, 2.05) is 0 Å². The lowest BCUT2D eigenvalue weighted by Crippen LogP contribution is -2.42. The Balaban J connectivity index is 3.35. The molecule has 13 heteroatoms. The van der Waals surface area contributed by atoms with Crippen LogP contribution in [0.25, 0.3) is 0 Å². The molecule has 0 amide bonds. The maximum Gasteiger partial charge on any atom is 0.342 e. The van der Waals surface area contributed by atoms with E-state index in [4.69, 9.17) is 11.6 Å². The van der Waals surface area contributed by atoms with E-state index in [-0.39, 0.29) is 0 Å². The topological polar surface area (TPSA) is 107 Å². The summed E-state index contributed by atoms with van der Waals surface area (Å²) in [6.07, 6.45) is -1.12. The summed E-state index contributed by atoms with van der Waals surface area (Å²) in [6, 6.07) is 1.35. The first kappa shape index (κ1) is 23.7. The third-order valence-electron chi connectivity index (χ3n) is 3.39. The zero-order chi connectivity index (χ0) is 20.8. The third kappa shape index (κ3) is 5.80. The first-order valence-corrected chi connectivity index (χ1v) is 11.0. The monoisotopic (exact) mass is 451 g/mol. The Morgan fingerprint density at radius 2 is 1.85 bits per heavy atom. The summed E-state index contributed by atoms with van der Waals surface area (Å²) in [5.41, 5.74) is -0.857. The zero-order valence-electron chi connectivity index (χ0n) is 14.0. The van der Waals surface area contributed by atoms with Crippen molar-refractivity contribution in [3.05, 3.63) is 28.5 Å². The molecule has 1 N–H and O–H groups in total. The second kappa shape index (κ2) is 9.71. The van der Waals surface area contributed by atoms with Crippen LogP contribution >= 0.6 is 11.6 Å². The van der Waals surface area contributed by atoms with Gasteiger partial charge in [-0.25, -0.2) is 26.0 Å². The second-order valence-corrected chi connectivity index (χ2v) is 9.59. The van der Waals surface area contributed by atoms with Crippen LogP contribution in [0.3, 0.4) is 0 Å². The molecule has 27 heavy (non-hydrogen) atoms. The van der Waals surface area contributed by atoms with Gasteiger partial charge >= 0.3 is 5.97 Å². The standard InChI is InChI=1S/C14H17ClF3NO6S2/c1-25-14(20)12-9(18)3-4-10(13(12)15)27(23,24)19-11(5-7-17)26(21,22)8-2-6-16/h3-4,11,19H,2,5-8H2,1H3. The van der Waals surface area contributed by atoms with Gasteiger partial charge in [0, 0.05) is 6.42 Å². The highest BCUT2D eigenvalue weighted by Gasteiger charge is 2.33. The minimum absolute atomic E-state index is 0.392. The normalized spacial score (nSPS) is 13.4. The maximum atomic E-state index is 13.8. The molecule has 1 atom stereocenters. The number of esters is 1.